The van der Waals surface area contributed by atoms with Crippen LogP contribution in [0.15, 0.2) is 60.9 Å². The minimum Gasteiger partial charge on any atom is -0.490 e. The van der Waals surface area contributed by atoms with Gasteiger partial charge in [0.1, 0.15) is 6.61 Å². The molecule has 3 rings (SSSR count). The Hall–Kier alpha value is -3.94. The van der Waals surface area contributed by atoms with Crippen molar-refractivity contribution in [2.75, 3.05) is 11.9 Å². The van der Waals surface area contributed by atoms with Crippen molar-refractivity contribution in [3.63, 3.8) is 0 Å². The molecule has 0 aliphatic heterocycles. The number of ether oxygens (including phenoxy) is 2. The summed E-state index contributed by atoms with van der Waals surface area (Å²) in [4.78, 5) is 27.3. The van der Waals surface area contributed by atoms with Gasteiger partial charge in [0, 0.05) is 35.7 Å². The molecule has 0 radical (unpaired) electrons. The van der Waals surface area contributed by atoms with Gasteiger partial charge in [-0.25, -0.2) is 0 Å². The lowest BCUT2D eigenvalue weighted by molar-refractivity contribution is -0.384. The quantitative estimate of drug-likeness (QED) is 0.435. The number of carbonyl (C=O) groups is 1. The van der Waals surface area contributed by atoms with Crippen molar-refractivity contribution in [3.05, 3.63) is 87.7 Å². The number of nitro groups is 1. The average Bonchev–Trinajstić information content (AvgIpc) is 2.75. The molecule has 0 unspecified atom stereocenters. The van der Waals surface area contributed by atoms with Crippen LogP contribution in [0.1, 0.15) is 28.4 Å². The second-order valence-electron chi connectivity index (χ2n) is 6.45. The number of benzene rings is 2. The Kier molecular flexibility index (Phi) is 6.59. The van der Waals surface area contributed by atoms with E-state index in [1.807, 2.05) is 19.1 Å². The number of anilines is 1. The summed E-state index contributed by atoms with van der Waals surface area (Å²) in [5.41, 5.74) is 2.26. The number of nitro benzene ring substituents is 1. The first kappa shape index (κ1) is 20.8. The highest BCUT2D eigenvalue weighted by Gasteiger charge is 2.15. The standard InChI is InChI=1S/C22H21N3O5/c1-3-29-21-11-17(7-9-20(21)30-14-16-5-4-10-23-13-16)22(26)24-19-12-18(25(27)28)8-6-15(19)2/h4-13H,3,14H2,1-2H3,(H,24,26). The Morgan fingerprint density at radius 2 is 1.97 bits per heavy atom. The van der Waals surface area contributed by atoms with Gasteiger partial charge in [-0.2, -0.15) is 0 Å². The molecule has 0 bridgehead atoms. The molecule has 1 amide bonds. The highest BCUT2D eigenvalue weighted by molar-refractivity contribution is 6.05. The summed E-state index contributed by atoms with van der Waals surface area (Å²) in [6.45, 7) is 4.31. The van der Waals surface area contributed by atoms with E-state index in [-0.39, 0.29) is 5.69 Å². The number of carbonyl (C=O) groups excluding carboxylic acids is 1. The van der Waals surface area contributed by atoms with Crippen LogP contribution in [0.5, 0.6) is 11.5 Å². The number of nitrogens with one attached hydrogen (secondary N) is 1. The van der Waals surface area contributed by atoms with Gasteiger partial charge < -0.3 is 14.8 Å². The van der Waals surface area contributed by atoms with Crippen LogP contribution in [0, 0.1) is 17.0 Å². The topological polar surface area (TPSA) is 104 Å². The number of nitrogens with zero attached hydrogens (tertiary/aromatic N) is 2. The van der Waals surface area contributed by atoms with Crippen LogP contribution in [0.3, 0.4) is 0 Å². The van der Waals surface area contributed by atoms with E-state index >= 15 is 0 Å². The lowest BCUT2D eigenvalue weighted by Crippen LogP contribution is -2.13. The van der Waals surface area contributed by atoms with Gasteiger partial charge in [-0.3, -0.25) is 19.9 Å². The Morgan fingerprint density at radius 1 is 1.13 bits per heavy atom. The van der Waals surface area contributed by atoms with Crippen LogP contribution in [-0.4, -0.2) is 22.4 Å². The molecule has 1 N–H and O–H groups in total. The highest BCUT2D eigenvalue weighted by atomic mass is 16.6. The normalized spacial score (nSPS) is 10.3. The summed E-state index contributed by atoms with van der Waals surface area (Å²) in [6.07, 6.45) is 3.40. The number of aryl methyl sites for hydroxylation is 1. The molecule has 0 saturated carbocycles. The van der Waals surface area contributed by atoms with Crippen LogP contribution < -0.4 is 14.8 Å². The fraction of sp³-hybridized carbons (Fsp3) is 0.182. The maximum Gasteiger partial charge on any atom is 0.271 e. The van der Waals surface area contributed by atoms with Gasteiger partial charge in [0.05, 0.1) is 17.2 Å². The number of hydrogen-bond acceptors (Lipinski definition) is 6. The van der Waals surface area contributed by atoms with Gasteiger partial charge in [0.2, 0.25) is 0 Å². The zero-order valence-electron chi connectivity index (χ0n) is 16.6. The van der Waals surface area contributed by atoms with Crippen molar-refractivity contribution in [1.29, 1.82) is 0 Å². The SMILES string of the molecule is CCOc1cc(C(=O)Nc2cc([N+](=O)[O-])ccc2C)ccc1OCc1cccnc1. The predicted octanol–water partition coefficient (Wildman–Crippen LogP) is 4.53. The summed E-state index contributed by atoms with van der Waals surface area (Å²) in [5.74, 6) is 0.534. The van der Waals surface area contributed by atoms with Crippen molar-refractivity contribution in [3.8, 4) is 11.5 Å². The van der Waals surface area contributed by atoms with Gasteiger partial charge >= 0.3 is 0 Å². The molecule has 154 valence electrons. The third-order valence-electron chi connectivity index (χ3n) is 4.30. The largest absolute Gasteiger partial charge is 0.490 e. The van der Waals surface area contributed by atoms with E-state index in [2.05, 4.69) is 10.3 Å². The number of amides is 1. The molecule has 0 atom stereocenters. The van der Waals surface area contributed by atoms with Crippen LogP contribution in [-0.2, 0) is 6.61 Å². The Balaban J connectivity index is 1.78. The van der Waals surface area contributed by atoms with Gasteiger partial charge in [-0.15, -0.1) is 0 Å². The molecule has 0 saturated heterocycles. The molecule has 0 aliphatic carbocycles. The molecule has 3 aromatic rings. The molecule has 2 aromatic carbocycles. The molecule has 0 aliphatic rings. The van der Waals surface area contributed by atoms with E-state index in [0.717, 1.165) is 11.1 Å². The summed E-state index contributed by atoms with van der Waals surface area (Å²) in [5, 5.41) is 13.7. The van der Waals surface area contributed by atoms with Crippen LogP contribution in [0.25, 0.3) is 0 Å². The van der Waals surface area contributed by atoms with Crippen molar-refractivity contribution in [2.45, 2.75) is 20.5 Å². The molecule has 30 heavy (non-hydrogen) atoms. The van der Waals surface area contributed by atoms with E-state index in [1.165, 1.54) is 12.1 Å². The molecule has 8 nitrogen and oxygen atoms in total. The van der Waals surface area contributed by atoms with Gasteiger partial charge in [-0.1, -0.05) is 12.1 Å². The average molecular weight is 407 g/mol. The van der Waals surface area contributed by atoms with E-state index in [1.54, 1.807) is 43.6 Å². The first-order valence-corrected chi connectivity index (χ1v) is 9.33. The smallest absolute Gasteiger partial charge is 0.271 e. The van der Waals surface area contributed by atoms with Gasteiger partial charge in [-0.05, 0) is 43.7 Å². The van der Waals surface area contributed by atoms with E-state index in [9.17, 15) is 14.9 Å². The van der Waals surface area contributed by atoms with Crippen LogP contribution in [0.4, 0.5) is 11.4 Å². The summed E-state index contributed by atoms with van der Waals surface area (Å²) >= 11 is 0. The number of aromatic nitrogens is 1. The predicted molar refractivity (Wildman–Crippen MR) is 112 cm³/mol. The maximum atomic E-state index is 12.7. The van der Waals surface area contributed by atoms with Crippen LogP contribution >= 0.6 is 0 Å². The fourth-order valence-corrected chi connectivity index (χ4v) is 2.73. The van der Waals surface area contributed by atoms with Gasteiger partial charge in [0.25, 0.3) is 11.6 Å². The first-order chi connectivity index (χ1) is 14.5. The molecule has 0 fully saturated rings. The second-order valence-corrected chi connectivity index (χ2v) is 6.45. The summed E-state index contributed by atoms with van der Waals surface area (Å²) in [6, 6.07) is 12.9. The van der Waals surface area contributed by atoms with Crippen molar-refractivity contribution >= 4 is 17.3 Å². The first-order valence-electron chi connectivity index (χ1n) is 9.33. The monoisotopic (exact) mass is 407 g/mol. The molecular weight excluding hydrogens is 386 g/mol. The Labute approximate surface area is 173 Å². The van der Waals surface area contributed by atoms with Crippen molar-refractivity contribution in [1.82, 2.24) is 4.98 Å². The molecule has 0 spiro atoms. The van der Waals surface area contributed by atoms with E-state index in [0.29, 0.717) is 36.0 Å². The van der Waals surface area contributed by atoms with Crippen molar-refractivity contribution < 1.29 is 19.2 Å². The van der Waals surface area contributed by atoms with Crippen molar-refractivity contribution in [2.24, 2.45) is 0 Å². The second kappa shape index (κ2) is 9.51. The minimum atomic E-state index is -0.503. The fourth-order valence-electron chi connectivity index (χ4n) is 2.73. The Morgan fingerprint density at radius 3 is 2.67 bits per heavy atom. The number of non-ortho nitro benzene ring substituents is 1. The molecule has 1 heterocycles. The number of hydrogen-bond donors (Lipinski definition) is 1. The third-order valence-corrected chi connectivity index (χ3v) is 4.30. The lowest BCUT2D eigenvalue weighted by atomic mass is 10.1. The number of pyridine rings is 1. The maximum absolute atomic E-state index is 12.7. The third kappa shape index (κ3) is 5.11. The molecule has 8 heteroatoms. The molecular formula is C22H21N3O5. The highest BCUT2D eigenvalue weighted by Crippen LogP contribution is 2.30. The van der Waals surface area contributed by atoms with Gasteiger partial charge in [0.15, 0.2) is 11.5 Å². The molecule has 1 aromatic heterocycles. The number of rotatable bonds is 8. The van der Waals surface area contributed by atoms with E-state index in [4.69, 9.17) is 9.47 Å². The van der Waals surface area contributed by atoms with E-state index < -0.39 is 10.8 Å². The summed E-state index contributed by atoms with van der Waals surface area (Å²) in [7, 11) is 0. The Bertz CT molecular complexity index is 1050. The minimum absolute atomic E-state index is 0.0925. The lowest BCUT2D eigenvalue weighted by Gasteiger charge is -2.14. The van der Waals surface area contributed by atoms with Crippen LogP contribution in [0.2, 0.25) is 0 Å². The zero-order valence-corrected chi connectivity index (χ0v) is 16.6. The zero-order chi connectivity index (χ0) is 21.5. The summed E-state index contributed by atoms with van der Waals surface area (Å²) < 4.78 is 11.4.